The van der Waals surface area contributed by atoms with Gasteiger partial charge < -0.3 is 5.32 Å². The molecule has 4 heteroatoms. The molecule has 1 aromatic rings. The fourth-order valence-corrected chi connectivity index (χ4v) is 4.13. The van der Waals surface area contributed by atoms with E-state index in [1.54, 1.807) is 11.3 Å². The molecule has 104 valence electrons. The van der Waals surface area contributed by atoms with Crippen LogP contribution in [0.5, 0.6) is 0 Å². The summed E-state index contributed by atoms with van der Waals surface area (Å²) < 4.78 is 0. The van der Waals surface area contributed by atoms with E-state index < -0.39 is 0 Å². The van der Waals surface area contributed by atoms with E-state index in [2.05, 4.69) is 16.3 Å². The number of hydrogen-bond donors (Lipinski definition) is 1. The number of likely N-dealkylation sites (tertiary alicyclic amines) is 1. The van der Waals surface area contributed by atoms with Crippen molar-refractivity contribution < 1.29 is 4.79 Å². The number of hydrogen-bond acceptors (Lipinski definition) is 3. The molecule has 1 aliphatic carbocycles. The number of amides is 1. The fourth-order valence-electron chi connectivity index (χ4n) is 3.49. The first-order valence-corrected chi connectivity index (χ1v) is 8.20. The minimum absolute atomic E-state index is 0.173. The Kier molecular flexibility index (Phi) is 4.18. The predicted octanol–water partition coefficient (Wildman–Crippen LogP) is 2.49. The van der Waals surface area contributed by atoms with Crippen LogP contribution in [0.3, 0.4) is 0 Å². The molecule has 2 unspecified atom stereocenters. The zero-order valence-electron chi connectivity index (χ0n) is 11.3. The van der Waals surface area contributed by atoms with Gasteiger partial charge in [-0.2, -0.15) is 0 Å². The van der Waals surface area contributed by atoms with Crippen LogP contribution >= 0.6 is 11.3 Å². The molecule has 2 fully saturated rings. The van der Waals surface area contributed by atoms with Crippen LogP contribution in [-0.2, 0) is 11.3 Å². The first kappa shape index (κ1) is 13.1. The van der Waals surface area contributed by atoms with Gasteiger partial charge in [0.2, 0.25) is 5.91 Å². The van der Waals surface area contributed by atoms with Gasteiger partial charge in [0.1, 0.15) is 0 Å². The molecule has 2 atom stereocenters. The van der Waals surface area contributed by atoms with E-state index in [-0.39, 0.29) is 5.91 Å². The molecule has 0 radical (unpaired) electrons. The lowest BCUT2D eigenvalue weighted by molar-refractivity contribution is -0.122. The van der Waals surface area contributed by atoms with Crippen LogP contribution in [-0.4, -0.2) is 30.4 Å². The number of carbonyl (C=O) groups excluding carboxylic acids is 1. The summed E-state index contributed by atoms with van der Waals surface area (Å²) in [5, 5.41) is 5.07. The third-order valence-electron chi connectivity index (χ3n) is 4.46. The van der Waals surface area contributed by atoms with Crippen LogP contribution in [0.2, 0.25) is 0 Å². The maximum atomic E-state index is 12.0. The molecular formula is C15H22N2OS. The first-order valence-electron chi connectivity index (χ1n) is 7.32. The molecule has 2 aliphatic rings. The molecule has 19 heavy (non-hydrogen) atoms. The highest BCUT2D eigenvalue weighted by Gasteiger charge is 2.34. The average molecular weight is 278 g/mol. The number of nitrogens with zero attached hydrogens (tertiary/aromatic N) is 1. The molecule has 3 rings (SSSR count). The molecular weight excluding hydrogens is 256 g/mol. The van der Waals surface area contributed by atoms with Crippen molar-refractivity contribution in [2.75, 3.05) is 19.6 Å². The summed E-state index contributed by atoms with van der Waals surface area (Å²) in [6.07, 6.45) is 5.52. The van der Waals surface area contributed by atoms with Crippen molar-refractivity contribution in [2.45, 2.75) is 32.2 Å². The van der Waals surface area contributed by atoms with Gasteiger partial charge in [-0.15, -0.1) is 11.3 Å². The molecule has 1 amide bonds. The van der Waals surface area contributed by atoms with Crippen molar-refractivity contribution in [3.8, 4) is 0 Å². The Labute approximate surface area is 119 Å². The van der Waals surface area contributed by atoms with Crippen LogP contribution < -0.4 is 5.32 Å². The summed E-state index contributed by atoms with van der Waals surface area (Å²) in [6.45, 7) is 3.53. The second-order valence-electron chi connectivity index (χ2n) is 5.85. The number of thiophene rings is 1. The minimum atomic E-state index is 0.173. The van der Waals surface area contributed by atoms with E-state index in [0.29, 0.717) is 13.1 Å². The van der Waals surface area contributed by atoms with Crippen LogP contribution in [0.15, 0.2) is 17.5 Å². The maximum Gasteiger partial charge on any atom is 0.234 e. The molecule has 2 heterocycles. The summed E-state index contributed by atoms with van der Waals surface area (Å²) in [7, 11) is 0. The highest BCUT2D eigenvalue weighted by molar-refractivity contribution is 7.09. The quantitative estimate of drug-likeness (QED) is 0.917. The minimum Gasteiger partial charge on any atom is -0.350 e. The summed E-state index contributed by atoms with van der Waals surface area (Å²) >= 11 is 1.70. The summed E-state index contributed by atoms with van der Waals surface area (Å²) in [4.78, 5) is 15.5. The van der Waals surface area contributed by atoms with E-state index in [4.69, 9.17) is 0 Å². The van der Waals surface area contributed by atoms with E-state index in [1.165, 1.54) is 30.6 Å². The summed E-state index contributed by atoms with van der Waals surface area (Å²) in [5.74, 6) is 1.89. The average Bonchev–Trinajstić information content (AvgIpc) is 3.04. The number of fused-ring (bicyclic) bond motifs is 1. The van der Waals surface area contributed by atoms with E-state index >= 15 is 0 Å². The van der Waals surface area contributed by atoms with Crippen molar-refractivity contribution in [1.29, 1.82) is 0 Å². The Hall–Kier alpha value is -0.870. The fraction of sp³-hybridized carbons (Fsp3) is 0.667. The third kappa shape index (κ3) is 3.37. The molecule has 1 aliphatic heterocycles. The zero-order chi connectivity index (χ0) is 13.1. The Bertz CT molecular complexity index is 404. The second-order valence-corrected chi connectivity index (χ2v) is 6.89. The van der Waals surface area contributed by atoms with Crippen molar-refractivity contribution in [3.63, 3.8) is 0 Å². The summed E-state index contributed by atoms with van der Waals surface area (Å²) in [5.41, 5.74) is 0. The van der Waals surface area contributed by atoms with Crippen LogP contribution in [0, 0.1) is 11.8 Å². The van der Waals surface area contributed by atoms with Gasteiger partial charge in [0, 0.05) is 18.0 Å². The highest BCUT2D eigenvalue weighted by atomic mass is 32.1. The SMILES string of the molecule is O=C(CN1CC2CCCCC2C1)NCc1cccs1. The van der Waals surface area contributed by atoms with E-state index in [0.717, 1.165) is 24.9 Å². The molecule has 0 aromatic carbocycles. The molecule has 1 saturated heterocycles. The highest BCUT2D eigenvalue weighted by Crippen LogP contribution is 2.35. The van der Waals surface area contributed by atoms with Gasteiger partial charge in [0.05, 0.1) is 13.1 Å². The summed E-state index contributed by atoms with van der Waals surface area (Å²) in [6, 6.07) is 4.09. The standard InChI is InChI=1S/C15H22N2OS/c18-15(16-8-14-6-3-7-19-14)11-17-9-12-4-1-2-5-13(12)10-17/h3,6-7,12-13H,1-2,4-5,8-11H2,(H,16,18). The Morgan fingerprint density at radius 3 is 2.68 bits per heavy atom. The molecule has 1 N–H and O–H groups in total. The van der Waals surface area contributed by atoms with Crippen LogP contribution in [0.1, 0.15) is 30.6 Å². The largest absolute Gasteiger partial charge is 0.350 e. The normalized spacial score (nSPS) is 27.2. The van der Waals surface area contributed by atoms with E-state index in [9.17, 15) is 4.79 Å². The smallest absolute Gasteiger partial charge is 0.234 e. The Morgan fingerprint density at radius 2 is 2.05 bits per heavy atom. The molecule has 0 spiro atoms. The predicted molar refractivity (Wildman–Crippen MR) is 78.1 cm³/mol. The van der Waals surface area contributed by atoms with Crippen molar-refractivity contribution in [3.05, 3.63) is 22.4 Å². The molecule has 1 saturated carbocycles. The lowest BCUT2D eigenvalue weighted by Crippen LogP contribution is -2.35. The van der Waals surface area contributed by atoms with Crippen LogP contribution in [0.25, 0.3) is 0 Å². The second kappa shape index (κ2) is 6.06. The zero-order valence-corrected chi connectivity index (χ0v) is 12.1. The Morgan fingerprint density at radius 1 is 1.32 bits per heavy atom. The van der Waals surface area contributed by atoms with E-state index in [1.807, 2.05) is 11.4 Å². The first-order chi connectivity index (χ1) is 9.31. The monoisotopic (exact) mass is 278 g/mol. The topological polar surface area (TPSA) is 32.3 Å². The number of carbonyl (C=O) groups is 1. The van der Waals surface area contributed by atoms with Crippen molar-refractivity contribution in [1.82, 2.24) is 10.2 Å². The lowest BCUT2D eigenvalue weighted by Gasteiger charge is -2.23. The van der Waals surface area contributed by atoms with Gasteiger partial charge in [-0.1, -0.05) is 18.9 Å². The Balaban J connectivity index is 1.42. The van der Waals surface area contributed by atoms with Gasteiger partial charge >= 0.3 is 0 Å². The number of rotatable bonds is 4. The number of nitrogens with one attached hydrogen (secondary N) is 1. The maximum absolute atomic E-state index is 12.0. The molecule has 0 bridgehead atoms. The molecule has 1 aromatic heterocycles. The van der Waals surface area contributed by atoms with Gasteiger partial charge in [-0.25, -0.2) is 0 Å². The third-order valence-corrected chi connectivity index (χ3v) is 5.34. The van der Waals surface area contributed by atoms with Gasteiger partial charge in [-0.3, -0.25) is 9.69 Å². The van der Waals surface area contributed by atoms with Crippen molar-refractivity contribution >= 4 is 17.2 Å². The lowest BCUT2D eigenvalue weighted by atomic mass is 9.82. The van der Waals surface area contributed by atoms with Crippen LogP contribution in [0.4, 0.5) is 0 Å². The van der Waals surface area contributed by atoms with Gasteiger partial charge in [0.25, 0.3) is 0 Å². The van der Waals surface area contributed by atoms with Crippen molar-refractivity contribution in [2.24, 2.45) is 11.8 Å². The van der Waals surface area contributed by atoms with Gasteiger partial charge in [-0.05, 0) is 36.1 Å². The van der Waals surface area contributed by atoms with Gasteiger partial charge in [0.15, 0.2) is 0 Å². The molecule has 3 nitrogen and oxygen atoms in total.